The number of ether oxygens (including phenoxy) is 2. The molecule has 124 valence electrons. The van der Waals surface area contributed by atoms with Crippen molar-refractivity contribution in [1.82, 2.24) is 5.32 Å². The smallest absolute Gasteiger partial charge is 0.311 e. The monoisotopic (exact) mass is 318 g/mol. The zero-order valence-electron chi connectivity index (χ0n) is 11.3. The number of guanidine groups is 1. The van der Waals surface area contributed by atoms with Gasteiger partial charge in [0.2, 0.25) is 0 Å². The van der Waals surface area contributed by atoms with Crippen LogP contribution < -0.4 is 16.8 Å². The van der Waals surface area contributed by atoms with Crippen LogP contribution >= 0.6 is 0 Å². The fourth-order valence-corrected chi connectivity index (χ4v) is 4.31. The lowest BCUT2D eigenvalue weighted by Crippen LogP contribution is -2.95. The van der Waals surface area contributed by atoms with E-state index in [4.69, 9.17) is 20.9 Å². The highest BCUT2D eigenvalue weighted by molar-refractivity contribution is 5.80. The first kappa shape index (κ1) is 14.5. The Hall–Kier alpha value is -1.05. The quantitative estimate of drug-likeness (QED) is 0.231. The number of aliphatic imine (C=N–C) groups is 1. The molecule has 1 aliphatic carbocycles. The van der Waals surface area contributed by atoms with E-state index in [0.717, 1.165) is 0 Å². The van der Waals surface area contributed by atoms with Gasteiger partial charge in [0, 0.05) is 0 Å². The second kappa shape index (κ2) is 3.88. The molecule has 22 heavy (non-hydrogen) atoms. The van der Waals surface area contributed by atoms with Crippen LogP contribution in [0.1, 0.15) is 0 Å². The topological polar surface area (TPSA) is 196 Å². The minimum Gasteiger partial charge on any atom is -0.393 e. The van der Waals surface area contributed by atoms with Crippen LogP contribution in [0.5, 0.6) is 0 Å². The number of rotatable bonds is 1. The lowest BCUT2D eigenvalue weighted by Gasteiger charge is -2.71. The van der Waals surface area contributed by atoms with Crippen molar-refractivity contribution in [3.63, 3.8) is 0 Å². The minimum absolute atomic E-state index is 0.125. The molecule has 4 bridgehead atoms. The predicted molar refractivity (Wildman–Crippen MR) is 67.7 cm³/mol. The van der Waals surface area contributed by atoms with Crippen molar-refractivity contribution in [2.75, 3.05) is 6.61 Å². The van der Waals surface area contributed by atoms with Crippen molar-refractivity contribution >= 4 is 5.96 Å². The van der Waals surface area contributed by atoms with E-state index in [-0.39, 0.29) is 5.96 Å². The third kappa shape index (κ3) is 1.28. The second-order valence-corrected chi connectivity index (χ2v) is 6.29. The number of nitrogens with zero attached hydrogens (tertiary/aromatic N) is 1. The van der Waals surface area contributed by atoms with E-state index in [1.165, 1.54) is 0 Å². The van der Waals surface area contributed by atoms with Crippen molar-refractivity contribution in [2.24, 2.45) is 22.4 Å². The maximum absolute atomic E-state index is 10.7. The normalized spacial score (nSPS) is 62.4. The van der Waals surface area contributed by atoms with Crippen molar-refractivity contribution in [3.8, 4) is 0 Å². The predicted octanol–water partition coefficient (Wildman–Crippen LogP) is -5.55. The molecule has 1 spiro atoms. The summed E-state index contributed by atoms with van der Waals surface area (Å²) in [7, 11) is 0. The Bertz CT molecular complexity index is 563. The van der Waals surface area contributed by atoms with Crippen LogP contribution in [0.2, 0.25) is 0 Å². The first-order valence-electron chi connectivity index (χ1n) is 6.85. The van der Waals surface area contributed by atoms with E-state index in [9.17, 15) is 25.5 Å². The summed E-state index contributed by atoms with van der Waals surface area (Å²) in [6, 6.07) is 0. The molecule has 10 N–H and O–H groups in total. The number of hydrogen-bond donors (Lipinski definition) is 8. The molecule has 3 saturated heterocycles. The Morgan fingerprint density at radius 2 is 1.86 bits per heavy atom. The van der Waals surface area contributed by atoms with Gasteiger partial charge < -0.3 is 51.8 Å². The Labute approximate surface area is 124 Å². The molecule has 0 aromatic carbocycles. The molecule has 0 aromatic heterocycles. The van der Waals surface area contributed by atoms with Gasteiger partial charge in [-0.1, -0.05) is 0 Å². The molecular formula is C11H18N4O7. The van der Waals surface area contributed by atoms with E-state index in [1.807, 2.05) is 0 Å². The largest absolute Gasteiger partial charge is 0.393 e. The van der Waals surface area contributed by atoms with Crippen molar-refractivity contribution in [2.45, 2.75) is 47.7 Å². The first-order valence-corrected chi connectivity index (χ1v) is 6.85. The Kier molecular flexibility index (Phi) is 2.57. The third-order valence-electron chi connectivity index (χ3n) is 5.28. The van der Waals surface area contributed by atoms with E-state index >= 15 is 0 Å². The number of nitrogens with one attached hydrogen (secondary N) is 1. The van der Waals surface area contributed by atoms with Gasteiger partial charge in [0.05, 0.1) is 12.5 Å². The summed E-state index contributed by atoms with van der Waals surface area (Å²) >= 11 is 0. The summed E-state index contributed by atoms with van der Waals surface area (Å²) in [5.41, 5.74) is 7.96. The number of hydrogen-bond acceptors (Lipinski definition) is 11. The first-order chi connectivity index (χ1) is 10.2. The van der Waals surface area contributed by atoms with Gasteiger partial charge in [0.25, 0.3) is 0 Å². The summed E-state index contributed by atoms with van der Waals surface area (Å²) in [6.45, 7) is -0.802. The summed E-state index contributed by atoms with van der Waals surface area (Å²) in [5, 5.41) is 54.4. The maximum Gasteiger partial charge on any atom is 0.311 e. The fraction of sp³-hybridized carbons (Fsp3) is 0.909. The molecule has 4 heterocycles. The highest BCUT2D eigenvalue weighted by atomic mass is 16.9. The van der Waals surface area contributed by atoms with E-state index in [0.29, 0.717) is 0 Å². The van der Waals surface area contributed by atoms with Crippen LogP contribution in [0.3, 0.4) is 0 Å². The summed E-state index contributed by atoms with van der Waals surface area (Å²) < 4.78 is 10.4. The molecule has 4 fully saturated rings. The van der Waals surface area contributed by atoms with Gasteiger partial charge in [-0.25, -0.2) is 4.99 Å². The van der Waals surface area contributed by atoms with Crippen molar-refractivity contribution in [1.29, 1.82) is 0 Å². The maximum atomic E-state index is 10.7. The molecule has 11 heteroatoms. The Morgan fingerprint density at radius 3 is 2.50 bits per heavy atom. The van der Waals surface area contributed by atoms with Crippen molar-refractivity contribution < 1.29 is 35.0 Å². The van der Waals surface area contributed by atoms with Crippen LogP contribution in [0.15, 0.2) is 4.99 Å². The van der Waals surface area contributed by atoms with Crippen LogP contribution in [-0.4, -0.2) is 85.8 Å². The van der Waals surface area contributed by atoms with Gasteiger partial charge >= 0.3 is 5.97 Å². The molecule has 5 aliphatic rings. The molecule has 4 aliphatic heterocycles. The standard InChI is InChI=1S/C11H18N4O7/c12-6-2-4-9(19,1-16)5-3(17)10(2,15-8(13)14-6)7(18)11(20,21-4)22-5/h2-7,16-20H,1,12H2,(H3,13,14,15)/t2-,3?,4-,5-,6-,7+,9+,10?,11+/m1/s1. The molecule has 9 atom stereocenters. The number of aliphatic hydroxyl groups excluding tert-OH is 3. The Balaban J connectivity index is 1.95. The second-order valence-electron chi connectivity index (χ2n) is 6.29. The molecule has 11 nitrogen and oxygen atoms in total. The average Bonchev–Trinajstić information content (AvgIpc) is 2.45. The van der Waals surface area contributed by atoms with E-state index in [1.54, 1.807) is 0 Å². The van der Waals surface area contributed by atoms with Gasteiger partial charge in [-0.3, -0.25) is 0 Å². The van der Waals surface area contributed by atoms with Crippen molar-refractivity contribution in [3.05, 3.63) is 0 Å². The highest BCUT2D eigenvalue weighted by Crippen LogP contribution is 2.58. The lowest BCUT2D eigenvalue weighted by atomic mass is 9.55. The minimum atomic E-state index is -2.46. The number of nitrogens with two attached hydrogens (primary N) is 2. The SMILES string of the molecule is NC1=N[C@@H](N)[C@H]2[C@H]3O[C@]4(O)O[C@H](C(O)C2(N1)[C@@H]4O)[C@]3(O)CO. The molecule has 0 aromatic rings. The lowest BCUT2D eigenvalue weighted by molar-refractivity contribution is -0.546. The number of aliphatic hydroxyl groups is 5. The molecular weight excluding hydrogens is 300 g/mol. The summed E-state index contributed by atoms with van der Waals surface area (Å²) in [6.07, 6.45) is -6.93. The zero-order chi connectivity index (χ0) is 16.1. The van der Waals surface area contributed by atoms with Crippen LogP contribution in [0, 0.1) is 5.92 Å². The summed E-state index contributed by atoms with van der Waals surface area (Å²) in [4.78, 5) is 3.92. The van der Waals surface area contributed by atoms with Gasteiger partial charge in [0.15, 0.2) is 12.1 Å². The third-order valence-corrected chi connectivity index (χ3v) is 5.28. The highest BCUT2D eigenvalue weighted by Gasteiger charge is 2.82. The zero-order valence-corrected chi connectivity index (χ0v) is 11.3. The van der Waals surface area contributed by atoms with Gasteiger partial charge in [-0.2, -0.15) is 0 Å². The van der Waals surface area contributed by atoms with E-state index < -0.39 is 60.2 Å². The molecule has 2 unspecified atom stereocenters. The average molecular weight is 318 g/mol. The Morgan fingerprint density at radius 1 is 1.23 bits per heavy atom. The van der Waals surface area contributed by atoms with Gasteiger partial charge in [-0.15, -0.1) is 0 Å². The van der Waals surface area contributed by atoms with Crippen LogP contribution in [0.25, 0.3) is 0 Å². The molecule has 0 amide bonds. The van der Waals surface area contributed by atoms with Crippen LogP contribution in [0.4, 0.5) is 0 Å². The fourth-order valence-electron chi connectivity index (χ4n) is 4.31. The molecule has 5 rings (SSSR count). The van der Waals surface area contributed by atoms with Gasteiger partial charge in [-0.05, 0) is 0 Å². The summed E-state index contributed by atoms with van der Waals surface area (Å²) in [5.74, 6) is -3.54. The van der Waals surface area contributed by atoms with Crippen LogP contribution in [-0.2, 0) is 9.47 Å². The van der Waals surface area contributed by atoms with E-state index in [2.05, 4.69) is 10.3 Å². The van der Waals surface area contributed by atoms with Gasteiger partial charge in [0.1, 0.15) is 35.6 Å². The molecule has 0 radical (unpaired) electrons. The molecule has 1 saturated carbocycles.